The predicted octanol–water partition coefficient (Wildman–Crippen LogP) is 5.58. The van der Waals surface area contributed by atoms with E-state index in [0.29, 0.717) is 42.5 Å². The van der Waals surface area contributed by atoms with Crippen LogP contribution in [0.4, 0.5) is 14.9 Å². The van der Waals surface area contributed by atoms with E-state index in [9.17, 15) is 18.8 Å². The molecule has 1 fully saturated rings. The SMILES string of the molecule is Cc1c(/C=C2\SC(=O)N(CC(=O)Nc3ccc4c(c3)OCCO4)C2=O)c2ccccc2n1Cc1ccccc1F. The zero-order valence-corrected chi connectivity index (χ0v) is 22.3. The molecule has 3 aromatic carbocycles. The number of halogens is 1. The van der Waals surface area contributed by atoms with Gasteiger partial charge < -0.3 is 19.4 Å². The summed E-state index contributed by atoms with van der Waals surface area (Å²) in [7, 11) is 0. The fraction of sp³-hybridized carbons (Fsp3) is 0.167. The molecule has 2 aliphatic heterocycles. The lowest BCUT2D eigenvalue weighted by molar-refractivity contribution is -0.127. The lowest BCUT2D eigenvalue weighted by Crippen LogP contribution is -2.36. The topological polar surface area (TPSA) is 89.9 Å². The van der Waals surface area contributed by atoms with E-state index in [4.69, 9.17) is 9.47 Å². The monoisotopic (exact) mass is 557 g/mol. The molecule has 3 heterocycles. The van der Waals surface area contributed by atoms with Gasteiger partial charge in [-0.05, 0) is 49.0 Å². The van der Waals surface area contributed by atoms with Crippen LogP contribution < -0.4 is 14.8 Å². The van der Waals surface area contributed by atoms with Gasteiger partial charge in [-0.2, -0.15) is 0 Å². The highest BCUT2D eigenvalue weighted by atomic mass is 32.2. The zero-order valence-electron chi connectivity index (χ0n) is 21.5. The second-order valence-electron chi connectivity index (χ2n) is 9.37. The highest BCUT2D eigenvalue weighted by Gasteiger charge is 2.36. The van der Waals surface area contributed by atoms with Crippen molar-refractivity contribution in [3.05, 3.63) is 94.3 Å². The Hall–Kier alpha value is -4.57. The van der Waals surface area contributed by atoms with E-state index < -0.39 is 23.6 Å². The molecule has 1 saturated heterocycles. The molecule has 0 aliphatic carbocycles. The Kier molecular flexibility index (Phi) is 6.77. The number of carbonyl (C=O) groups excluding carboxylic acids is 3. The van der Waals surface area contributed by atoms with Crippen molar-refractivity contribution >= 4 is 51.5 Å². The smallest absolute Gasteiger partial charge is 0.294 e. The van der Waals surface area contributed by atoms with E-state index in [2.05, 4.69) is 5.32 Å². The third-order valence-corrected chi connectivity index (χ3v) is 7.75. The van der Waals surface area contributed by atoms with E-state index in [-0.39, 0.29) is 10.7 Å². The van der Waals surface area contributed by atoms with Gasteiger partial charge in [0, 0.05) is 39.5 Å². The maximum atomic E-state index is 14.4. The predicted molar refractivity (Wildman–Crippen MR) is 151 cm³/mol. The number of para-hydroxylation sites is 1. The Bertz CT molecular complexity index is 1710. The summed E-state index contributed by atoms with van der Waals surface area (Å²) in [4.78, 5) is 39.9. The van der Waals surface area contributed by atoms with Crippen LogP contribution in [-0.4, -0.2) is 46.3 Å². The molecule has 40 heavy (non-hydrogen) atoms. The highest BCUT2D eigenvalue weighted by molar-refractivity contribution is 8.18. The van der Waals surface area contributed by atoms with Crippen LogP contribution in [0.3, 0.4) is 0 Å². The van der Waals surface area contributed by atoms with Crippen LogP contribution in [0.15, 0.2) is 71.6 Å². The first kappa shape index (κ1) is 25.7. The molecule has 202 valence electrons. The number of benzene rings is 3. The largest absolute Gasteiger partial charge is 0.486 e. The second-order valence-corrected chi connectivity index (χ2v) is 10.4. The number of hydrogen-bond acceptors (Lipinski definition) is 6. The average Bonchev–Trinajstić information content (AvgIpc) is 3.37. The van der Waals surface area contributed by atoms with Gasteiger partial charge in [0.1, 0.15) is 25.6 Å². The van der Waals surface area contributed by atoms with Gasteiger partial charge in [0.2, 0.25) is 5.91 Å². The summed E-state index contributed by atoms with van der Waals surface area (Å²) >= 11 is 0.789. The molecular formula is C30H24FN3O5S. The van der Waals surface area contributed by atoms with Crippen molar-refractivity contribution in [3.63, 3.8) is 0 Å². The van der Waals surface area contributed by atoms with E-state index in [1.807, 2.05) is 35.8 Å². The number of hydrogen-bond donors (Lipinski definition) is 1. The summed E-state index contributed by atoms with van der Waals surface area (Å²) in [6, 6.07) is 19.3. The first-order valence-corrected chi connectivity index (χ1v) is 13.5. The maximum Gasteiger partial charge on any atom is 0.294 e. The first-order chi connectivity index (χ1) is 19.4. The highest BCUT2D eigenvalue weighted by Crippen LogP contribution is 2.36. The van der Waals surface area contributed by atoms with Crippen LogP contribution in [0.5, 0.6) is 11.5 Å². The van der Waals surface area contributed by atoms with Gasteiger partial charge in [0.05, 0.1) is 11.4 Å². The Morgan fingerprint density at radius 2 is 1.77 bits per heavy atom. The van der Waals surface area contributed by atoms with Crippen molar-refractivity contribution in [2.75, 3.05) is 25.1 Å². The first-order valence-electron chi connectivity index (χ1n) is 12.6. The number of carbonyl (C=O) groups is 3. The van der Waals surface area contributed by atoms with Crippen LogP contribution in [0.25, 0.3) is 17.0 Å². The third kappa shape index (κ3) is 4.82. The molecule has 0 radical (unpaired) electrons. The molecule has 3 amide bonds. The summed E-state index contributed by atoms with van der Waals surface area (Å²) < 4.78 is 27.5. The van der Waals surface area contributed by atoms with Gasteiger partial charge in [-0.15, -0.1) is 0 Å². The minimum atomic E-state index is -0.544. The number of amides is 3. The Balaban J connectivity index is 1.23. The van der Waals surface area contributed by atoms with Crippen LogP contribution >= 0.6 is 11.8 Å². The summed E-state index contributed by atoms with van der Waals surface area (Å²) in [6.45, 7) is 2.66. The zero-order chi connectivity index (χ0) is 27.8. The number of nitrogens with one attached hydrogen (secondary N) is 1. The molecule has 8 nitrogen and oxygen atoms in total. The van der Waals surface area contributed by atoms with Crippen LogP contribution in [0, 0.1) is 12.7 Å². The molecule has 0 bridgehead atoms. The molecule has 2 aliphatic rings. The molecule has 1 aromatic heterocycles. The Labute approximate surface area is 233 Å². The normalized spacial score (nSPS) is 15.8. The minimum absolute atomic E-state index is 0.217. The quantitative estimate of drug-likeness (QED) is 0.311. The summed E-state index contributed by atoms with van der Waals surface area (Å²) in [6.07, 6.45) is 1.68. The number of rotatable bonds is 6. The maximum absolute atomic E-state index is 14.4. The number of thioether (sulfide) groups is 1. The van der Waals surface area contributed by atoms with Crippen LogP contribution in [0.1, 0.15) is 16.8 Å². The van der Waals surface area contributed by atoms with Crippen molar-refractivity contribution in [2.45, 2.75) is 13.5 Å². The molecule has 6 rings (SSSR count). The van der Waals surface area contributed by atoms with Crippen molar-refractivity contribution in [1.29, 1.82) is 0 Å². The summed E-state index contributed by atoms with van der Waals surface area (Å²) in [5, 5.41) is 3.05. The molecule has 4 aromatic rings. The van der Waals surface area contributed by atoms with Gasteiger partial charge in [-0.1, -0.05) is 36.4 Å². The fourth-order valence-electron chi connectivity index (χ4n) is 4.87. The van der Waals surface area contributed by atoms with Crippen LogP contribution in [0.2, 0.25) is 0 Å². The molecule has 0 atom stereocenters. The van der Waals surface area contributed by atoms with Crippen molar-refractivity contribution < 1.29 is 28.2 Å². The molecular weight excluding hydrogens is 533 g/mol. The average molecular weight is 558 g/mol. The van der Waals surface area contributed by atoms with Crippen molar-refractivity contribution in [3.8, 4) is 11.5 Å². The van der Waals surface area contributed by atoms with Gasteiger partial charge in [0.15, 0.2) is 11.5 Å². The number of nitrogens with zero attached hydrogens (tertiary/aromatic N) is 2. The van der Waals surface area contributed by atoms with Crippen molar-refractivity contribution in [2.24, 2.45) is 0 Å². The lowest BCUT2D eigenvalue weighted by Gasteiger charge is -2.19. The molecule has 1 N–H and O–H groups in total. The Morgan fingerprint density at radius 3 is 2.60 bits per heavy atom. The van der Waals surface area contributed by atoms with Crippen LogP contribution in [-0.2, 0) is 16.1 Å². The third-order valence-electron chi connectivity index (χ3n) is 6.84. The van der Waals surface area contributed by atoms with Gasteiger partial charge in [-0.3, -0.25) is 19.3 Å². The van der Waals surface area contributed by atoms with Gasteiger partial charge >= 0.3 is 0 Å². The molecule has 0 unspecified atom stereocenters. The fourth-order valence-corrected chi connectivity index (χ4v) is 5.69. The molecule has 0 saturated carbocycles. The van der Waals surface area contributed by atoms with Crippen molar-refractivity contribution in [1.82, 2.24) is 9.47 Å². The number of fused-ring (bicyclic) bond motifs is 2. The molecule has 10 heteroatoms. The van der Waals surface area contributed by atoms with E-state index in [1.165, 1.54) is 6.07 Å². The molecule has 0 spiro atoms. The van der Waals surface area contributed by atoms with Gasteiger partial charge in [-0.25, -0.2) is 4.39 Å². The minimum Gasteiger partial charge on any atom is -0.486 e. The van der Waals surface area contributed by atoms with Gasteiger partial charge in [0.25, 0.3) is 11.1 Å². The second kappa shape index (κ2) is 10.5. The van der Waals surface area contributed by atoms with E-state index in [1.54, 1.807) is 42.5 Å². The lowest BCUT2D eigenvalue weighted by atomic mass is 10.1. The number of ether oxygens (including phenoxy) is 2. The standard InChI is InChI=1S/C30H24FN3O5S/c1-18-22(21-7-3-5-9-24(21)33(18)16-19-6-2-4-8-23(19)31)15-27-29(36)34(30(37)40-27)17-28(35)32-20-10-11-25-26(14-20)39-13-12-38-25/h2-11,14-15H,12-13,16-17H2,1H3,(H,32,35)/b27-15-. The number of anilines is 1. The Morgan fingerprint density at radius 1 is 1.02 bits per heavy atom. The van der Waals surface area contributed by atoms with E-state index in [0.717, 1.165) is 38.8 Å². The number of imide groups is 1. The summed E-state index contributed by atoms with van der Waals surface area (Å²) in [5.41, 5.74) is 3.48. The van der Waals surface area contributed by atoms with E-state index >= 15 is 0 Å². The number of aromatic nitrogens is 1. The summed E-state index contributed by atoms with van der Waals surface area (Å²) in [5.74, 6) is -0.249.